The van der Waals surface area contributed by atoms with Crippen LogP contribution in [0.15, 0.2) is 36.7 Å². The molecule has 1 aromatic heterocycles. The van der Waals surface area contributed by atoms with Crippen LogP contribution >= 0.6 is 0 Å². The molecule has 1 atom stereocenters. The molecule has 162 valence electrons. The molecule has 0 radical (unpaired) electrons. The molecule has 1 unspecified atom stereocenters. The number of benzene rings is 1. The van der Waals surface area contributed by atoms with E-state index in [2.05, 4.69) is 41.1 Å². The zero-order valence-electron chi connectivity index (χ0n) is 18.8. The lowest BCUT2D eigenvalue weighted by atomic mass is 9.97. The summed E-state index contributed by atoms with van der Waals surface area (Å²) in [4.78, 5) is 21.0. The van der Waals surface area contributed by atoms with Crippen LogP contribution in [0.25, 0.3) is 11.1 Å². The number of carbonyl (C=O) groups is 1. The number of anilines is 1. The van der Waals surface area contributed by atoms with Crippen molar-refractivity contribution >= 4 is 11.8 Å². The van der Waals surface area contributed by atoms with E-state index in [-0.39, 0.29) is 12.1 Å². The number of piperidine rings is 1. The largest absolute Gasteiger partial charge is 0.444 e. The summed E-state index contributed by atoms with van der Waals surface area (Å²) in [6, 6.07) is 8.58. The van der Waals surface area contributed by atoms with Crippen molar-refractivity contribution in [3.05, 3.63) is 47.8 Å². The third-order valence-electron chi connectivity index (χ3n) is 5.64. The van der Waals surface area contributed by atoms with Crippen LogP contribution in [0.4, 0.5) is 10.5 Å². The van der Waals surface area contributed by atoms with Crippen molar-refractivity contribution in [3.8, 4) is 11.1 Å². The third kappa shape index (κ3) is 5.11. The molecule has 6 nitrogen and oxygen atoms in total. The molecular formula is C24H34N4O2. The van der Waals surface area contributed by atoms with Crippen molar-refractivity contribution in [2.45, 2.75) is 58.7 Å². The van der Waals surface area contributed by atoms with Crippen LogP contribution in [0.2, 0.25) is 0 Å². The number of likely N-dealkylation sites (N-methyl/N-ethyl adjacent to an activating group) is 1. The summed E-state index contributed by atoms with van der Waals surface area (Å²) in [6.07, 6.45) is 5.47. The first-order chi connectivity index (χ1) is 14.2. The molecule has 0 saturated carbocycles. The van der Waals surface area contributed by atoms with Gasteiger partial charge in [0.15, 0.2) is 0 Å². The average molecular weight is 411 g/mol. The SMILES string of the molecule is Cc1cc(-c2ccncc2N2CCCC(N(C)C(=O)OC(C)(C)C)C2)ccc1CN. The highest BCUT2D eigenvalue weighted by molar-refractivity contribution is 5.78. The normalized spacial score (nSPS) is 17.0. The first-order valence-electron chi connectivity index (χ1n) is 10.6. The monoisotopic (exact) mass is 410 g/mol. The molecule has 0 aliphatic carbocycles. The van der Waals surface area contributed by atoms with Crippen molar-refractivity contribution in [2.24, 2.45) is 5.73 Å². The van der Waals surface area contributed by atoms with Gasteiger partial charge in [0.05, 0.1) is 17.9 Å². The number of hydrogen-bond acceptors (Lipinski definition) is 5. The zero-order chi connectivity index (χ0) is 21.9. The number of pyridine rings is 1. The molecule has 1 amide bonds. The maximum atomic E-state index is 12.5. The van der Waals surface area contributed by atoms with Gasteiger partial charge < -0.3 is 20.3 Å². The van der Waals surface area contributed by atoms with Crippen molar-refractivity contribution in [1.82, 2.24) is 9.88 Å². The van der Waals surface area contributed by atoms with Gasteiger partial charge in [-0.15, -0.1) is 0 Å². The number of nitrogens with two attached hydrogens (primary N) is 1. The summed E-state index contributed by atoms with van der Waals surface area (Å²) < 4.78 is 5.57. The van der Waals surface area contributed by atoms with E-state index in [1.807, 2.05) is 40.2 Å². The standard InChI is InChI=1S/C24H34N4O2/c1-17-13-18(8-9-19(17)14-25)21-10-11-26-15-22(21)28-12-6-7-20(16-28)27(5)23(29)30-24(2,3)4/h8-11,13,15,20H,6-7,12,14,16,25H2,1-5H3. The van der Waals surface area contributed by atoms with Crippen LogP contribution in [0.3, 0.4) is 0 Å². The minimum absolute atomic E-state index is 0.100. The zero-order valence-corrected chi connectivity index (χ0v) is 18.8. The minimum atomic E-state index is -0.496. The third-order valence-corrected chi connectivity index (χ3v) is 5.64. The van der Waals surface area contributed by atoms with Crippen LogP contribution in [-0.4, -0.2) is 47.8 Å². The highest BCUT2D eigenvalue weighted by Gasteiger charge is 2.30. The molecule has 0 spiro atoms. The maximum absolute atomic E-state index is 12.5. The van der Waals surface area contributed by atoms with Gasteiger partial charge in [-0.2, -0.15) is 0 Å². The highest BCUT2D eigenvalue weighted by Crippen LogP contribution is 2.33. The van der Waals surface area contributed by atoms with Gasteiger partial charge in [-0.25, -0.2) is 4.79 Å². The lowest BCUT2D eigenvalue weighted by Gasteiger charge is -2.39. The molecule has 2 N–H and O–H groups in total. The molecule has 0 bridgehead atoms. The summed E-state index contributed by atoms with van der Waals surface area (Å²) in [6.45, 7) is 10.0. The number of aryl methyl sites for hydroxylation is 1. The number of ether oxygens (including phenoxy) is 1. The number of nitrogens with zero attached hydrogens (tertiary/aromatic N) is 3. The first kappa shape index (κ1) is 22.1. The lowest BCUT2D eigenvalue weighted by molar-refractivity contribution is 0.0210. The summed E-state index contributed by atoms with van der Waals surface area (Å²) in [5.74, 6) is 0. The Kier molecular flexibility index (Phi) is 6.66. The van der Waals surface area contributed by atoms with Crippen LogP contribution in [0.1, 0.15) is 44.7 Å². The quantitative estimate of drug-likeness (QED) is 0.811. The highest BCUT2D eigenvalue weighted by atomic mass is 16.6. The molecule has 2 aromatic rings. The Morgan fingerprint density at radius 1 is 1.33 bits per heavy atom. The van der Waals surface area contributed by atoms with Gasteiger partial charge in [0.2, 0.25) is 0 Å². The van der Waals surface area contributed by atoms with E-state index in [0.29, 0.717) is 6.54 Å². The number of rotatable bonds is 4. The fraction of sp³-hybridized carbons (Fsp3) is 0.500. The molecule has 1 aliphatic rings. The van der Waals surface area contributed by atoms with Crippen molar-refractivity contribution in [3.63, 3.8) is 0 Å². The van der Waals surface area contributed by atoms with Crippen LogP contribution in [0.5, 0.6) is 0 Å². The smallest absolute Gasteiger partial charge is 0.410 e. The van der Waals surface area contributed by atoms with Crippen LogP contribution in [-0.2, 0) is 11.3 Å². The predicted molar refractivity (Wildman–Crippen MR) is 122 cm³/mol. The second-order valence-corrected chi connectivity index (χ2v) is 9.07. The van der Waals surface area contributed by atoms with Gasteiger partial charge in [-0.05, 0) is 63.3 Å². The Balaban J connectivity index is 1.83. The summed E-state index contributed by atoms with van der Waals surface area (Å²) in [5.41, 5.74) is 11.1. The number of amides is 1. The maximum Gasteiger partial charge on any atom is 0.410 e. The molecule has 2 heterocycles. The molecule has 1 aliphatic heterocycles. The first-order valence-corrected chi connectivity index (χ1v) is 10.6. The van der Waals surface area contributed by atoms with Crippen LogP contribution in [0, 0.1) is 6.92 Å². The Morgan fingerprint density at radius 3 is 2.77 bits per heavy atom. The fourth-order valence-corrected chi connectivity index (χ4v) is 3.95. The second-order valence-electron chi connectivity index (χ2n) is 9.07. The van der Waals surface area contributed by atoms with E-state index in [1.54, 1.807) is 4.90 Å². The summed E-state index contributed by atoms with van der Waals surface area (Å²) in [5, 5.41) is 0. The van der Waals surface area contributed by atoms with E-state index in [0.717, 1.165) is 48.3 Å². The molecular weight excluding hydrogens is 376 g/mol. The van der Waals surface area contributed by atoms with E-state index in [4.69, 9.17) is 10.5 Å². The van der Waals surface area contributed by atoms with E-state index in [1.165, 1.54) is 5.56 Å². The van der Waals surface area contributed by atoms with Gasteiger partial charge >= 0.3 is 6.09 Å². The van der Waals surface area contributed by atoms with Crippen molar-refractivity contribution in [1.29, 1.82) is 0 Å². The number of aromatic nitrogens is 1. The van der Waals surface area contributed by atoms with Crippen molar-refractivity contribution < 1.29 is 9.53 Å². The Hall–Kier alpha value is -2.60. The molecule has 1 fully saturated rings. The molecule has 6 heteroatoms. The van der Waals surface area contributed by atoms with E-state index < -0.39 is 5.60 Å². The topological polar surface area (TPSA) is 71.7 Å². The van der Waals surface area contributed by atoms with Gasteiger partial charge in [0, 0.05) is 38.4 Å². The summed E-state index contributed by atoms with van der Waals surface area (Å²) >= 11 is 0. The Morgan fingerprint density at radius 2 is 2.10 bits per heavy atom. The average Bonchev–Trinajstić information content (AvgIpc) is 2.72. The molecule has 1 aromatic carbocycles. The predicted octanol–water partition coefficient (Wildman–Crippen LogP) is 4.35. The van der Waals surface area contributed by atoms with E-state index >= 15 is 0 Å². The lowest BCUT2D eigenvalue weighted by Crippen LogP contribution is -2.50. The molecule has 30 heavy (non-hydrogen) atoms. The van der Waals surface area contributed by atoms with Crippen LogP contribution < -0.4 is 10.6 Å². The Labute approximate surface area is 180 Å². The number of carbonyl (C=O) groups excluding carboxylic acids is 1. The summed E-state index contributed by atoms with van der Waals surface area (Å²) in [7, 11) is 1.83. The second kappa shape index (κ2) is 9.04. The number of hydrogen-bond donors (Lipinski definition) is 1. The van der Waals surface area contributed by atoms with Gasteiger partial charge in [0.1, 0.15) is 5.60 Å². The van der Waals surface area contributed by atoms with Gasteiger partial charge in [-0.1, -0.05) is 18.2 Å². The van der Waals surface area contributed by atoms with Gasteiger partial charge in [-0.3, -0.25) is 4.98 Å². The molecule has 1 saturated heterocycles. The minimum Gasteiger partial charge on any atom is -0.444 e. The van der Waals surface area contributed by atoms with Crippen molar-refractivity contribution in [2.75, 3.05) is 25.0 Å². The molecule has 3 rings (SSSR count). The van der Waals surface area contributed by atoms with Gasteiger partial charge in [0.25, 0.3) is 0 Å². The Bertz CT molecular complexity index is 891. The van der Waals surface area contributed by atoms with E-state index in [9.17, 15) is 4.79 Å². The fourth-order valence-electron chi connectivity index (χ4n) is 3.95.